The first-order valence-electron chi connectivity index (χ1n) is 5.87. The first-order chi connectivity index (χ1) is 8.09. The molecule has 17 heavy (non-hydrogen) atoms. The zero-order valence-corrected chi connectivity index (χ0v) is 10.6. The van der Waals surface area contributed by atoms with Crippen LogP contribution in [0.3, 0.4) is 0 Å². The fraction of sp³-hybridized carbons (Fsp3) is 0.429. The van der Waals surface area contributed by atoms with Crippen LogP contribution in [0.5, 0.6) is 0 Å². The quantitative estimate of drug-likeness (QED) is 0.622. The second-order valence-corrected chi connectivity index (χ2v) is 6.10. The predicted molar refractivity (Wildman–Crippen MR) is 66.7 cm³/mol. The van der Waals surface area contributed by atoms with Crippen molar-refractivity contribution in [2.75, 3.05) is 0 Å². The number of benzene rings is 1. The van der Waals surface area contributed by atoms with E-state index in [9.17, 15) is 8.78 Å². The standard InChI is InChI=1S/C14H14F2S/c1-7-3-5-9-10-6-4-8(2)12(16)14(10)17-13(9)11(7)15/h3-7,9,11,13H,1-2H3. The number of alkyl halides is 1. The Morgan fingerprint density at radius 3 is 2.76 bits per heavy atom. The Hall–Kier alpha value is -0.830. The highest BCUT2D eigenvalue weighted by molar-refractivity contribution is 8.00. The Morgan fingerprint density at radius 2 is 2.00 bits per heavy atom. The SMILES string of the molecule is Cc1ccc2c(c1F)SC1C2C=CC(C)C1F. The van der Waals surface area contributed by atoms with Crippen molar-refractivity contribution in [3.63, 3.8) is 0 Å². The lowest BCUT2D eigenvalue weighted by Crippen LogP contribution is -2.30. The van der Waals surface area contributed by atoms with E-state index >= 15 is 0 Å². The van der Waals surface area contributed by atoms with Crippen molar-refractivity contribution in [2.24, 2.45) is 5.92 Å². The van der Waals surface area contributed by atoms with Crippen molar-refractivity contribution in [3.8, 4) is 0 Å². The molecule has 2 aliphatic rings. The summed E-state index contributed by atoms with van der Waals surface area (Å²) in [7, 11) is 0. The molecule has 1 aliphatic heterocycles. The fourth-order valence-electron chi connectivity index (χ4n) is 2.61. The molecule has 0 radical (unpaired) electrons. The Balaban J connectivity index is 2.09. The summed E-state index contributed by atoms with van der Waals surface area (Å²) in [5.41, 5.74) is 1.59. The first-order valence-corrected chi connectivity index (χ1v) is 6.75. The van der Waals surface area contributed by atoms with Gasteiger partial charge in [-0.2, -0.15) is 0 Å². The topological polar surface area (TPSA) is 0 Å². The van der Waals surface area contributed by atoms with Gasteiger partial charge in [0.1, 0.15) is 12.0 Å². The third-order valence-electron chi connectivity index (χ3n) is 3.73. The maximum atomic E-state index is 14.1. The molecule has 3 heteroatoms. The van der Waals surface area contributed by atoms with Crippen LogP contribution >= 0.6 is 11.8 Å². The summed E-state index contributed by atoms with van der Waals surface area (Å²) in [4.78, 5) is 0.654. The summed E-state index contributed by atoms with van der Waals surface area (Å²) in [6.07, 6.45) is 3.07. The van der Waals surface area contributed by atoms with Gasteiger partial charge in [-0.15, -0.1) is 11.8 Å². The molecule has 0 N–H and O–H groups in total. The largest absolute Gasteiger partial charge is 0.246 e. The molecule has 0 saturated heterocycles. The lowest BCUT2D eigenvalue weighted by molar-refractivity contribution is 0.252. The van der Waals surface area contributed by atoms with Gasteiger partial charge in [0, 0.05) is 16.7 Å². The summed E-state index contributed by atoms with van der Waals surface area (Å²) < 4.78 is 28.1. The first kappa shape index (κ1) is 11.3. The normalized spacial score (nSPS) is 34.6. The Labute approximate surface area is 104 Å². The molecule has 0 amide bonds. The lowest BCUT2D eigenvalue weighted by Gasteiger charge is -2.28. The smallest absolute Gasteiger partial charge is 0.139 e. The molecule has 90 valence electrons. The zero-order chi connectivity index (χ0) is 12.2. The van der Waals surface area contributed by atoms with E-state index in [-0.39, 0.29) is 22.9 Å². The van der Waals surface area contributed by atoms with Crippen LogP contribution in [0.25, 0.3) is 0 Å². The molecule has 1 aromatic rings. The second-order valence-electron chi connectivity index (χ2n) is 4.91. The number of rotatable bonds is 0. The molecule has 0 spiro atoms. The van der Waals surface area contributed by atoms with Crippen molar-refractivity contribution in [1.29, 1.82) is 0 Å². The third kappa shape index (κ3) is 1.55. The Morgan fingerprint density at radius 1 is 1.24 bits per heavy atom. The molecule has 0 aromatic heterocycles. The van der Waals surface area contributed by atoms with Crippen LogP contribution in [0.1, 0.15) is 24.0 Å². The minimum atomic E-state index is -0.887. The average Bonchev–Trinajstić information content (AvgIpc) is 2.69. The third-order valence-corrected chi connectivity index (χ3v) is 5.20. The minimum absolute atomic E-state index is 0.0382. The summed E-state index contributed by atoms with van der Waals surface area (Å²) in [6.45, 7) is 3.63. The summed E-state index contributed by atoms with van der Waals surface area (Å²) in [5, 5.41) is -0.152. The van der Waals surface area contributed by atoms with Gasteiger partial charge >= 0.3 is 0 Å². The molecular weight excluding hydrogens is 238 g/mol. The highest BCUT2D eigenvalue weighted by Gasteiger charge is 2.42. The van der Waals surface area contributed by atoms with Crippen molar-refractivity contribution in [1.82, 2.24) is 0 Å². The van der Waals surface area contributed by atoms with Gasteiger partial charge in [-0.25, -0.2) is 8.78 Å². The lowest BCUT2D eigenvalue weighted by atomic mass is 9.83. The molecule has 4 unspecified atom stereocenters. The number of hydrogen-bond donors (Lipinski definition) is 0. The fourth-order valence-corrected chi connectivity index (χ4v) is 4.25. The molecular formula is C14H14F2S. The number of thioether (sulfide) groups is 1. The van der Waals surface area contributed by atoms with Crippen LogP contribution < -0.4 is 0 Å². The van der Waals surface area contributed by atoms with E-state index in [0.29, 0.717) is 10.5 Å². The summed E-state index contributed by atoms with van der Waals surface area (Å²) >= 11 is 1.37. The number of allylic oxidation sites excluding steroid dienone is 2. The highest BCUT2D eigenvalue weighted by Crippen LogP contribution is 2.52. The van der Waals surface area contributed by atoms with Crippen molar-refractivity contribution in [2.45, 2.75) is 36.1 Å². The number of aryl methyl sites for hydroxylation is 1. The molecule has 0 saturated carbocycles. The van der Waals surface area contributed by atoms with Gasteiger partial charge in [0.05, 0.1) is 5.25 Å². The average molecular weight is 252 g/mol. The maximum Gasteiger partial charge on any atom is 0.139 e. The number of fused-ring (bicyclic) bond motifs is 3. The van der Waals surface area contributed by atoms with Gasteiger partial charge in [0.25, 0.3) is 0 Å². The van der Waals surface area contributed by atoms with Crippen LogP contribution in [0, 0.1) is 18.7 Å². The van der Waals surface area contributed by atoms with Crippen LogP contribution in [-0.4, -0.2) is 11.4 Å². The van der Waals surface area contributed by atoms with E-state index in [4.69, 9.17) is 0 Å². The predicted octanol–water partition coefficient (Wildman–Crippen LogP) is 4.24. The zero-order valence-electron chi connectivity index (χ0n) is 9.78. The van der Waals surface area contributed by atoms with E-state index in [1.165, 1.54) is 11.8 Å². The molecule has 0 nitrogen and oxygen atoms in total. The van der Waals surface area contributed by atoms with Crippen LogP contribution in [0.15, 0.2) is 29.2 Å². The van der Waals surface area contributed by atoms with Gasteiger partial charge in [0.15, 0.2) is 0 Å². The van der Waals surface area contributed by atoms with Crippen LogP contribution in [0.2, 0.25) is 0 Å². The Bertz CT molecular complexity index is 495. The molecule has 3 rings (SSSR count). The van der Waals surface area contributed by atoms with E-state index < -0.39 is 6.17 Å². The number of halogens is 2. The Kier molecular flexibility index (Phi) is 2.54. The van der Waals surface area contributed by atoms with Gasteiger partial charge in [-0.1, -0.05) is 31.2 Å². The van der Waals surface area contributed by atoms with Gasteiger partial charge < -0.3 is 0 Å². The minimum Gasteiger partial charge on any atom is -0.246 e. The molecule has 0 bridgehead atoms. The monoisotopic (exact) mass is 252 g/mol. The highest BCUT2D eigenvalue weighted by atomic mass is 32.2. The second kappa shape index (κ2) is 3.84. The van der Waals surface area contributed by atoms with E-state index in [1.807, 2.05) is 25.1 Å². The van der Waals surface area contributed by atoms with E-state index in [0.717, 1.165) is 5.56 Å². The van der Waals surface area contributed by atoms with Crippen LogP contribution in [-0.2, 0) is 0 Å². The van der Waals surface area contributed by atoms with Gasteiger partial charge in [0.2, 0.25) is 0 Å². The van der Waals surface area contributed by atoms with Crippen molar-refractivity contribution in [3.05, 3.63) is 41.2 Å². The molecule has 1 aromatic carbocycles. The van der Waals surface area contributed by atoms with Crippen LogP contribution in [0.4, 0.5) is 8.78 Å². The van der Waals surface area contributed by atoms with Gasteiger partial charge in [-0.05, 0) is 18.1 Å². The summed E-state index contributed by atoms with van der Waals surface area (Å²) in [6, 6.07) is 3.73. The van der Waals surface area contributed by atoms with Gasteiger partial charge in [-0.3, -0.25) is 0 Å². The maximum absolute atomic E-state index is 14.1. The molecule has 0 fully saturated rings. The molecule has 4 atom stereocenters. The molecule has 1 aliphatic carbocycles. The number of hydrogen-bond acceptors (Lipinski definition) is 1. The summed E-state index contributed by atoms with van der Waals surface area (Å²) in [5.74, 6) is -0.200. The van der Waals surface area contributed by atoms with E-state index in [1.54, 1.807) is 13.0 Å². The molecule has 1 heterocycles. The van der Waals surface area contributed by atoms with E-state index in [2.05, 4.69) is 0 Å². The van der Waals surface area contributed by atoms with Crippen molar-refractivity contribution >= 4 is 11.8 Å². The van der Waals surface area contributed by atoms with Crippen molar-refractivity contribution < 1.29 is 8.78 Å².